The maximum Gasteiger partial charge on any atom is 0.416 e. The Morgan fingerprint density at radius 2 is 1.69 bits per heavy atom. The number of hydrazine groups is 1. The highest BCUT2D eigenvalue weighted by molar-refractivity contribution is 5.78. The van der Waals surface area contributed by atoms with Gasteiger partial charge < -0.3 is 10.1 Å². The van der Waals surface area contributed by atoms with Crippen LogP contribution in [-0.2, 0) is 27.4 Å². The monoisotopic (exact) mass is 517 g/mol. The second kappa shape index (κ2) is 11.2. The van der Waals surface area contributed by atoms with Crippen LogP contribution in [0.25, 0.3) is 0 Å². The second-order valence-corrected chi connectivity index (χ2v) is 8.88. The van der Waals surface area contributed by atoms with Crippen LogP contribution in [-0.4, -0.2) is 25.6 Å². The Kier molecular flexibility index (Phi) is 8.68. The number of carbonyl (C=O) groups excluding carboxylic acids is 1. The van der Waals surface area contributed by atoms with E-state index in [1.165, 1.54) is 6.92 Å². The van der Waals surface area contributed by atoms with Crippen LogP contribution in [0.3, 0.4) is 0 Å². The highest BCUT2D eigenvalue weighted by atomic mass is 19.4. The molecule has 0 saturated carbocycles. The van der Waals surface area contributed by atoms with E-state index in [2.05, 4.69) is 16.2 Å². The lowest BCUT2D eigenvalue weighted by Gasteiger charge is -2.42. The minimum atomic E-state index is -4.94. The van der Waals surface area contributed by atoms with Gasteiger partial charge in [0.05, 0.1) is 35.3 Å². The maximum atomic E-state index is 13.3. The maximum absolute atomic E-state index is 13.3. The van der Waals surface area contributed by atoms with E-state index in [1.54, 1.807) is 0 Å². The van der Waals surface area contributed by atoms with Gasteiger partial charge in [-0.15, -0.1) is 0 Å². The SMILES string of the molecule is CCNNC(=O)C1CC[C@@](COC(C)c2cc(C(F)(F)F)cc(C(F)(F)F)c2)(c2ccccc2)NC1. The number of nitrogens with one attached hydrogen (secondary N) is 3. The van der Waals surface area contributed by atoms with Crippen LogP contribution in [0.2, 0.25) is 0 Å². The average Bonchev–Trinajstić information content (AvgIpc) is 2.85. The lowest BCUT2D eigenvalue weighted by molar-refractivity contribution is -0.143. The number of halogens is 6. The summed E-state index contributed by atoms with van der Waals surface area (Å²) in [5.41, 5.74) is 2.50. The van der Waals surface area contributed by atoms with E-state index in [0.717, 1.165) is 5.56 Å². The lowest BCUT2D eigenvalue weighted by atomic mass is 9.79. The summed E-state index contributed by atoms with van der Waals surface area (Å²) in [7, 11) is 0. The predicted octanol–water partition coefficient (Wildman–Crippen LogP) is 5.34. The van der Waals surface area contributed by atoms with Gasteiger partial charge in [0.2, 0.25) is 5.91 Å². The van der Waals surface area contributed by atoms with Gasteiger partial charge in [-0.1, -0.05) is 37.3 Å². The molecule has 0 aliphatic carbocycles. The van der Waals surface area contributed by atoms with E-state index in [-0.39, 0.29) is 30.1 Å². The molecule has 2 aromatic carbocycles. The summed E-state index contributed by atoms with van der Waals surface area (Å²) in [6, 6.07) is 10.7. The molecule has 3 atom stereocenters. The third-order valence-corrected chi connectivity index (χ3v) is 6.35. The molecular formula is C25H29F6N3O2. The minimum Gasteiger partial charge on any atom is -0.372 e. The molecule has 1 aliphatic rings. The van der Waals surface area contributed by atoms with Crippen LogP contribution in [0.1, 0.15) is 55.0 Å². The molecule has 1 saturated heterocycles. The first-order valence-electron chi connectivity index (χ1n) is 11.6. The number of piperidine rings is 1. The smallest absolute Gasteiger partial charge is 0.372 e. The lowest BCUT2D eigenvalue weighted by Crippen LogP contribution is -2.55. The van der Waals surface area contributed by atoms with Crippen LogP contribution >= 0.6 is 0 Å². The van der Waals surface area contributed by atoms with Crippen molar-refractivity contribution in [2.75, 3.05) is 19.7 Å². The zero-order valence-electron chi connectivity index (χ0n) is 19.9. The third kappa shape index (κ3) is 6.77. The normalized spacial score (nSPS) is 21.7. The van der Waals surface area contributed by atoms with Crippen LogP contribution in [0.4, 0.5) is 26.3 Å². The van der Waals surface area contributed by atoms with Crippen molar-refractivity contribution in [3.63, 3.8) is 0 Å². The van der Waals surface area contributed by atoms with Crippen LogP contribution in [0, 0.1) is 5.92 Å². The van der Waals surface area contributed by atoms with Crippen molar-refractivity contribution in [1.82, 2.24) is 16.2 Å². The molecule has 3 N–H and O–H groups in total. The Labute approximate surface area is 205 Å². The third-order valence-electron chi connectivity index (χ3n) is 6.35. The molecule has 3 rings (SSSR count). The number of amides is 1. The van der Waals surface area contributed by atoms with E-state index >= 15 is 0 Å². The molecule has 2 unspecified atom stereocenters. The molecule has 2 aromatic rings. The molecule has 0 radical (unpaired) electrons. The van der Waals surface area contributed by atoms with Crippen LogP contribution < -0.4 is 16.2 Å². The fourth-order valence-electron chi connectivity index (χ4n) is 4.22. The van der Waals surface area contributed by atoms with Gasteiger partial charge in [-0.05, 0) is 49.1 Å². The van der Waals surface area contributed by atoms with Gasteiger partial charge in [-0.25, -0.2) is 5.43 Å². The van der Waals surface area contributed by atoms with Crippen molar-refractivity contribution >= 4 is 5.91 Å². The van der Waals surface area contributed by atoms with E-state index in [1.807, 2.05) is 37.3 Å². The minimum absolute atomic E-state index is 0.0165. The zero-order chi connectivity index (χ0) is 26.6. The van der Waals surface area contributed by atoms with Crippen molar-refractivity contribution in [1.29, 1.82) is 0 Å². The summed E-state index contributed by atoms with van der Waals surface area (Å²) < 4.78 is 85.6. The average molecular weight is 518 g/mol. The first-order chi connectivity index (χ1) is 16.9. The molecule has 198 valence electrons. The van der Waals surface area contributed by atoms with Gasteiger partial charge in [0.1, 0.15) is 0 Å². The number of hydrogen-bond acceptors (Lipinski definition) is 4. The fraction of sp³-hybridized carbons (Fsp3) is 0.480. The summed E-state index contributed by atoms with van der Waals surface area (Å²) in [5, 5.41) is 3.36. The molecule has 1 amide bonds. The number of hydrogen-bond donors (Lipinski definition) is 3. The highest BCUT2D eigenvalue weighted by Gasteiger charge is 2.40. The van der Waals surface area contributed by atoms with Gasteiger partial charge in [-0.3, -0.25) is 10.2 Å². The molecule has 0 aromatic heterocycles. The quantitative estimate of drug-likeness (QED) is 0.327. The van der Waals surface area contributed by atoms with Gasteiger partial charge in [0.15, 0.2) is 0 Å². The molecule has 5 nitrogen and oxygen atoms in total. The van der Waals surface area contributed by atoms with Gasteiger partial charge >= 0.3 is 12.4 Å². The van der Waals surface area contributed by atoms with Gasteiger partial charge in [0.25, 0.3) is 0 Å². The second-order valence-electron chi connectivity index (χ2n) is 8.88. The standard InChI is InChI=1S/C25H29F6N3O2/c1-3-33-34-22(35)17-9-10-23(32-14-17,19-7-5-4-6-8-19)15-36-16(2)18-11-20(24(26,27)28)13-21(12-18)25(29,30)31/h4-8,11-13,16-17,32-33H,3,9-10,14-15H2,1-2H3,(H,34,35)/t16?,17?,23-/m1/s1. The van der Waals surface area contributed by atoms with Crippen molar-refractivity contribution in [3.8, 4) is 0 Å². The van der Waals surface area contributed by atoms with Gasteiger partial charge in [0, 0.05) is 13.1 Å². The topological polar surface area (TPSA) is 62.4 Å². The predicted molar refractivity (Wildman–Crippen MR) is 121 cm³/mol. The Morgan fingerprint density at radius 1 is 1.08 bits per heavy atom. The van der Waals surface area contributed by atoms with Crippen molar-refractivity contribution in [2.24, 2.45) is 5.92 Å². The molecular weight excluding hydrogens is 488 g/mol. The summed E-state index contributed by atoms with van der Waals surface area (Å²) in [6.07, 6.45) is -9.93. The van der Waals surface area contributed by atoms with E-state index in [0.29, 0.717) is 38.1 Å². The molecule has 11 heteroatoms. The number of alkyl halides is 6. The number of carbonyl (C=O) groups is 1. The number of ether oxygens (including phenoxy) is 1. The van der Waals surface area contributed by atoms with E-state index in [9.17, 15) is 31.1 Å². The Balaban J connectivity index is 1.82. The molecule has 1 heterocycles. The van der Waals surface area contributed by atoms with E-state index in [4.69, 9.17) is 4.74 Å². The Bertz CT molecular complexity index is 986. The summed E-state index contributed by atoms with van der Waals surface area (Å²) in [4.78, 5) is 12.4. The van der Waals surface area contributed by atoms with Gasteiger partial charge in [-0.2, -0.15) is 26.3 Å². The van der Waals surface area contributed by atoms with Crippen LogP contribution in [0.15, 0.2) is 48.5 Å². The molecule has 36 heavy (non-hydrogen) atoms. The highest BCUT2D eigenvalue weighted by Crippen LogP contribution is 2.39. The first-order valence-corrected chi connectivity index (χ1v) is 11.6. The largest absolute Gasteiger partial charge is 0.416 e. The van der Waals surface area contributed by atoms with Crippen molar-refractivity contribution in [2.45, 2.75) is 50.7 Å². The molecule has 1 aliphatic heterocycles. The number of rotatable bonds is 8. The fourth-order valence-corrected chi connectivity index (χ4v) is 4.22. The molecule has 0 spiro atoms. The Morgan fingerprint density at radius 3 is 2.19 bits per heavy atom. The summed E-state index contributed by atoms with van der Waals surface area (Å²) in [6.45, 7) is 4.14. The summed E-state index contributed by atoms with van der Waals surface area (Å²) in [5.74, 6) is -0.472. The van der Waals surface area contributed by atoms with Crippen molar-refractivity contribution < 1.29 is 35.9 Å². The molecule has 1 fully saturated rings. The zero-order valence-corrected chi connectivity index (χ0v) is 19.9. The first kappa shape index (κ1) is 27.9. The van der Waals surface area contributed by atoms with E-state index < -0.39 is 35.1 Å². The Hall–Kier alpha value is -2.63. The summed E-state index contributed by atoms with van der Waals surface area (Å²) >= 11 is 0. The van der Waals surface area contributed by atoms with Crippen molar-refractivity contribution in [3.05, 3.63) is 70.8 Å². The molecule has 0 bridgehead atoms. The number of benzene rings is 2. The van der Waals surface area contributed by atoms with Crippen LogP contribution in [0.5, 0.6) is 0 Å².